The molecule has 0 spiro atoms. The molecule has 1 aromatic heterocycles. The van der Waals surface area contributed by atoms with Crippen LogP contribution >= 0.6 is 0 Å². The molecular weight excluding hydrogens is 577 g/mol. The zero-order valence-corrected chi connectivity index (χ0v) is 24.1. The lowest BCUT2D eigenvalue weighted by Gasteiger charge is -2.29. The van der Waals surface area contributed by atoms with Gasteiger partial charge in [0.2, 0.25) is 5.88 Å². The second-order valence-corrected chi connectivity index (χ2v) is 10.3. The van der Waals surface area contributed by atoms with E-state index in [0.717, 1.165) is 24.4 Å². The number of likely N-dealkylation sites (N-methyl/N-ethyl adjacent to an activating group) is 1. The number of nitro groups is 1. The summed E-state index contributed by atoms with van der Waals surface area (Å²) in [4.78, 5) is 40.0. The van der Waals surface area contributed by atoms with E-state index in [0.29, 0.717) is 19.3 Å². The summed E-state index contributed by atoms with van der Waals surface area (Å²) in [5.74, 6) is -1.55. The van der Waals surface area contributed by atoms with E-state index < -0.39 is 53.3 Å². The van der Waals surface area contributed by atoms with Gasteiger partial charge in [-0.2, -0.15) is 13.2 Å². The van der Waals surface area contributed by atoms with Crippen molar-refractivity contribution in [2.45, 2.75) is 57.9 Å². The van der Waals surface area contributed by atoms with Gasteiger partial charge in [-0.15, -0.1) is 0 Å². The van der Waals surface area contributed by atoms with Crippen molar-refractivity contribution in [3.63, 3.8) is 0 Å². The fraction of sp³-hybridized carbons (Fsp3) is 0.464. The van der Waals surface area contributed by atoms with E-state index >= 15 is 0 Å². The molecule has 1 saturated carbocycles. The molecule has 1 aliphatic carbocycles. The Balaban J connectivity index is 1.77. The van der Waals surface area contributed by atoms with Gasteiger partial charge in [-0.25, -0.2) is 9.78 Å². The van der Waals surface area contributed by atoms with Crippen LogP contribution in [0.4, 0.5) is 23.7 Å². The number of rotatable bonds is 10. The van der Waals surface area contributed by atoms with Crippen LogP contribution in [0.15, 0.2) is 42.2 Å². The molecule has 1 aromatic carbocycles. The van der Waals surface area contributed by atoms with Crippen LogP contribution < -0.4 is 15.2 Å². The maximum atomic E-state index is 14.1. The third-order valence-electron chi connectivity index (χ3n) is 6.48. The standard InChI is InChI=1S/C28H33F3N4O8/c1-16(2)41-26(36)17-6-5-7-21(12-17)42-25-22(28(29,30)31)13-18(14-33-25)24(32)23(34(3)4)15-40-27(37)43-20-10-8-19(9-11-20)35(38)39/h8-11,13-14,16-17,21H,5-7,12,15,32H2,1-4H3/b24-23-/t17-,21-/m0/s1. The van der Waals surface area contributed by atoms with Gasteiger partial charge < -0.3 is 29.6 Å². The van der Waals surface area contributed by atoms with Gasteiger partial charge in [0.05, 0.1) is 28.3 Å². The average molecular weight is 611 g/mol. The van der Waals surface area contributed by atoms with Gasteiger partial charge in [-0.05, 0) is 57.7 Å². The Morgan fingerprint density at radius 1 is 1.19 bits per heavy atom. The van der Waals surface area contributed by atoms with Gasteiger partial charge >= 0.3 is 18.3 Å². The zero-order valence-electron chi connectivity index (χ0n) is 24.1. The number of hydrogen-bond acceptors (Lipinski definition) is 11. The van der Waals surface area contributed by atoms with E-state index in [1.54, 1.807) is 27.9 Å². The van der Waals surface area contributed by atoms with Gasteiger partial charge in [0.25, 0.3) is 5.69 Å². The van der Waals surface area contributed by atoms with Gasteiger partial charge in [-0.1, -0.05) is 0 Å². The van der Waals surface area contributed by atoms with Crippen molar-refractivity contribution in [2.24, 2.45) is 11.7 Å². The summed E-state index contributed by atoms with van der Waals surface area (Å²) in [7, 11) is 3.10. The lowest BCUT2D eigenvalue weighted by molar-refractivity contribution is -0.384. The summed E-state index contributed by atoms with van der Waals surface area (Å²) in [5.41, 5.74) is 4.74. The molecule has 15 heteroatoms. The molecule has 1 heterocycles. The number of non-ortho nitro benzene ring substituents is 1. The molecule has 0 bridgehead atoms. The molecule has 0 unspecified atom stereocenters. The quantitative estimate of drug-likeness (QED) is 0.161. The molecule has 2 aromatic rings. The molecule has 12 nitrogen and oxygen atoms in total. The number of esters is 1. The van der Waals surface area contributed by atoms with Crippen molar-refractivity contribution in [3.05, 3.63) is 63.5 Å². The van der Waals surface area contributed by atoms with Crippen LogP contribution in [0.1, 0.15) is 50.7 Å². The molecule has 0 radical (unpaired) electrons. The van der Waals surface area contributed by atoms with Gasteiger partial charge in [0.15, 0.2) is 0 Å². The fourth-order valence-electron chi connectivity index (χ4n) is 4.35. The third-order valence-corrected chi connectivity index (χ3v) is 6.48. The van der Waals surface area contributed by atoms with Crippen LogP contribution in [-0.2, 0) is 20.4 Å². The van der Waals surface area contributed by atoms with Crippen LogP contribution in [0.2, 0.25) is 0 Å². The first-order valence-corrected chi connectivity index (χ1v) is 13.4. The summed E-state index contributed by atoms with van der Waals surface area (Å²) in [5, 5.41) is 10.8. The number of halogens is 3. The van der Waals surface area contributed by atoms with Crippen LogP contribution in [-0.4, -0.2) is 59.8 Å². The normalized spacial score (nSPS) is 17.5. The van der Waals surface area contributed by atoms with Gasteiger partial charge in [0.1, 0.15) is 24.0 Å². The molecule has 2 N–H and O–H groups in total. The molecule has 2 atom stereocenters. The Morgan fingerprint density at radius 2 is 1.86 bits per heavy atom. The van der Waals surface area contributed by atoms with Crippen molar-refractivity contribution in [3.8, 4) is 11.6 Å². The minimum atomic E-state index is -4.84. The van der Waals surface area contributed by atoms with Crippen LogP contribution in [0.3, 0.4) is 0 Å². The Labute approximate surface area is 245 Å². The number of aromatic nitrogens is 1. The number of hydrogen-bond donors (Lipinski definition) is 1. The Bertz CT molecular complexity index is 1350. The van der Waals surface area contributed by atoms with Crippen LogP contribution in [0.5, 0.6) is 11.6 Å². The topological polar surface area (TPSA) is 156 Å². The highest BCUT2D eigenvalue weighted by Gasteiger charge is 2.38. The summed E-state index contributed by atoms with van der Waals surface area (Å²) < 4.78 is 63.3. The fourth-order valence-corrected chi connectivity index (χ4v) is 4.35. The lowest BCUT2D eigenvalue weighted by atomic mass is 9.87. The zero-order chi connectivity index (χ0) is 31.9. The van der Waals surface area contributed by atoms with Crippen LogP contribution in [0.25, 0.3) is 5.70 Å². The number of nitrogens with two attached hydrogens (primary N) is 1. The maximum Gasteiger partial charge on any atom is 0.514 e. The van der Waals surface area contributed by atoms with E-state index in [2.05, 4.69) is 4.98 Å². The monoisotopic (exact) mass is 610 g/mol. The van der Waals surface area contributed by atoms with Crippen molar-refractivity contribution in [1.82, 2.24) is 9.88 Å². The number of nitro benzene ring substituents is 1. The molecule has 234 valence electrons. The summed E-state index contributed by atoms with van der Waals surface area (Å²) >= 11 is 0. The SMILES string of the molecule is CC(C)OC(=O)[C@H]1CCC[C@H](Oc2ncc(/C(N)=C(\COC(=O)Oc3ccc([N+](=O)[O-])cc3)N(C)C)cc2C(F)(F)F)C1. The van der Waals surface area contributed by atoms with Crippen LogP contribution in [0, 0.1) is 16.0 Å². The Morgan fingerprint density at radius 3 is 2.44 bits per heavy atom. The highest BCUT2D eigenvalue weighted by molar-refractivity contribution is 5.72. The number of carbonyl (C=O) groups excluding carboxylic acids is 2. The first-order chi connectivity index (χ1) is 20.1. The van der Waals surface area contributed by atoms with E-state index in [9.17, 15) is 32.9 Å². The molecule has 43 heavy (non-hydrogen) atoms. The van der Waals surface area contributed by atoms with E-state index in [1.165, 1.54) is 17.0 Å². The Kier molecular flexibility index (Phi) is 10.8. The highest BCUT2D eigenvalue weighted by Crippen LogP contribution is 2.38. The number of pyridine rings is 1. The number of alkyl halides is 3. The lowest BCUT2D eigenvalue weighted by Crippen LogP contribution is -2.32. The van der Waals surface area contributed by atoms with Crippen molar-refractivity contribution in [2.75, 3.05) is 20.7 Å². The Hall–Kier alpha value is -4.56. The second kappa shape index (κ2) is 14.1. The van der Waals surface area contributed by atoms with Gasteiger partial charge in [0, 0.05) is 38.0 Å². The smallest absolute Gasteiger partial charge is 0.474 e. The first-order valence-electron chi connectivity index (χ1n) is 13.4. The third kappa shape index (κ3) is 9.21. The van der Waals surface area contributed by atoms with E-state index in [4.69, 9.17) is 24.7 Å². The number of nitrogens with zero attached hydrogens (tertiary/aromatic N) is 3. The molecule has 1 aliphatic rings. The molecule has 1 fully saturated rings. The molecule has 3 rings (SSSR count). The minimum Gasteiger partial charge on any atom is -0.474 e. The molecule has 0 saturated heterocycles. The summed E-state index contributed by atoms with van der Waals surface area (Å²) in [6.45, 7) is 2.97. The predicted molar refractivity (Wildman–Crippen MR) is 147 cm³/mol. The van der Waals surface area contributed by atoms with Crippen molar-refractivity contribution >= 4 is 23.5 Å². The predicted octanol–water partition coefficient (Wildman–Crippen LogP) is 5.30. The van der Waals surface area contributed by atoms with Gasteiger partial charge in [-0.3, -0.25) is 14.9 Å². The summed E-state index contributed by atoms with van der Waals surface area (Å²) in [6, 6.07) is 5.48. The average Bonchev–Trinajstić information content (AvgIpc) is 2.92. The molecular formula is C28H33F3N4O8. The number of carbonyl (C=O) groups is 2. The molecule has 0 aliphatic heterocycles. The number of ether oxygens (including phenoxy) is 4. The van der Waals surface area contributed by atoms with E-state index in [-0.39, 0.29) is 40.9 Å². The van der Waals surface area contributed by atoms with E-state index in [1.807, 2.05) is 0 Å². The maximum absolute atomic E-state index is 14.1. The number of benzene rings is 1. The first kappa shape index (κ1) is 32.9. The second-order valence-electron chi connectivity index (χ2n) is 10.3. The molecule has 0 amide bonds. The highest BCUT2D eigenvalue weighted by atomic mass is 19.4. The van der Waals surface area contributed by atoms with Crippen molar-refractivity contribution in [1.29, 1.82) is 0 Å². The minimum absolute atomic E-state index is 0.0188. The van der Waals surface area contributed by atoms with Crippen molar-refractivity contribution < 1.29 is 46.6 Å². The summed E-state index contributed by atoms with van der Waals surface area (Å²) in [6.07, 6.45) is -4.08. The largest absolute Gasteiger partial charge is 0.514 e.